The van der Waals surface area contributed by atoms with Crippen LogP contribution in [0.4, 0.5) is 0 Å². The summed E-state index contributed by atoms with van der Waals surface area (Å²) in [5, 5.41) is 3.41. The van der Waals surface area contributed by atoms with Gasteiger partial charge < -0.3 is 10.1 Å². The van der Waals surface area contributed by atoms with E-state index in [9.17, 15) is 8.42 Å². The van der Waals surface area contributed by atoms with Crippen LogP contribution in [0.3, 0.4) is 0 Å². The first kappa shape index (κ1) is 28.8. The molecule has 1 heterocycles. The van der Waals surface area contributed by atoms with Crippen molar-refractivity contribution in [2.24, 2.45) is 0 Å². The Balaban J connectivity index is 0.000000956. The maximum atomic E-state index is 9.56. The van der Waals surface area contributed by atoms with E-state index in [1.807, 2.05) is 0 Å². The molecule has 1 saturated heterocycles. The van der Waals surface area contributed by atoms with Crippen LogP contribution in [0, 0.1) is 0 Å². The molecule has 1 atom stereocenters. The van der Waals surface area contributed by atoms with E-state index in [-0.39, 0.29) is 6.61 Å². The van der Waals surface area contributed by atoms with Crippen molar-refractivity contribution in [3.8, 4) is 0 Å². The third kappa shape index (κ3) is 23.9. The van der Waals surface area contributed by atoms with Gasteiger partial charge in [-0.2, -0.15) is 8.42 Å². The van der Waals surface area contributed by atoms with Gasteiger partial charge in [-0.05, 0) is 13.3 Å². The Morgan fingerprint density at radius 1 is 0.862 bits per heavy atom. The Morgan fingerprint density at radius 2 is 1.34 bits per heavy atom. The van der Waals surface area contributed by atoms with Gasteiger partial charge in [0.25, 0.3) is 0 Å². The summed E-state index contributed by atoms with van der Waals surface area (Å²) in [5.74, 6) is 0. The minimum Gasteiger partial charge on any atom is -0.376 e. The Hall–Kier alpha value is -0.210. The normalized spacial score (nSPS) is 17.0. The summed E-state index contributed by atoms with van der Waals surface area (Å²) in [5.41, 5.74) is 0. The van der Waals surface area contributed by atoms with Crippen LogP contribution in [0.5, 0.6) is 0 Å². The zero-order valence-electron chi connectivity index (χ0n) is 19.0. The number of hydrogen-bond donors (Lipinski definition) is 2. The maximum Gasteiger partial charge on any atom is 0.397 e. The highest BCUT2D eigenvalue weighted by Crippen LogP contribution is 2.14. The maximum absolute atomic E-state index is 9.56. The molecule has 176 valence electrons. The number of rotatable bonds is 17. The number of unbranched alkanes of at least 4 members (excludes halogenated alkanes) is 13. The van der Waals surface area contributed by atoms with E-state index in [2.05, 4.69) is 16.4 Å². The molecule has 0 spiro atoms. The van der Waals surface area contributed by atoms with E-state index in [4.69, 9.17) is 9.29 Å². The molecular weight excluding hydrogens is 390 g/mol. The zero-order chi connectivity index (χ0) is 21.6. The van der Waals surface area contributed by atoms with Gasteiger partial charge in [0.2, 0.25) is 0 Å². The quantitative estimate of drug-likeness (QED) is 0.225. The van der Waals surface area contributed by atoms with E-state index in [1.54, 1.807) is 0 Å². The molecule has 1 fully saturated rings. The van der Waals surface area contributed by atoms with Crippen LogP contribution in [0.1, 0.15) is 110 Å². The topological polar surface area (TPSA) is 84.9 Å². The summed E-state index contributed by atoms with van der Waals surface area (Å²) in [6, 6.07) is 0. The molecule has 7 heteroatoms. The lowest BCUT2D eigenvalue weighted by molar-refractivity contribution is 0.0220. The summed E-state index contributed by atoms with van der Waals surface area (Å²) in [7, 11) is -4.17. The molecule has 0 radical (unpaired) electrons. The monoisotopic (exact) mass is 437 g/mol. The molecule has 0 aromatic rings. The minimum atomic E-state index is -4.17. The van der Waals surface area contributed by atoms with Crippen LogP contribution < -0.4 is 5.32 Å². The Morgan fingerprint density at radius 3 is 1.69 bits per heavy atom. The molecule has 0 bridgehead atoms. The molecule has 0 amide bonds. The first-order valence-corrected chi connectivity index (χ1v) is 13.3. The van der Waals surface area contributed by atoms with E-state index in [1.165, 1.54) is 103 Å². The molecule has 1 aliphatic rings. The Bertz CT molecular complexity index is 425. The van der Waals surface area contributed by atoms with Crippen LogP contribution in [-0.2, 0) is 19.3 Å². The molecule has 1 aliphatic heterocycles. The largest absolute Gasteiger partial charge is 0.397 e. The molecule has 1 unspecified atom stereocenters. The van der Waals surface area contributed by atoms with Gasteiger partial charge in [-0.15, -0.1) is 0 Å². The number of ether oxygens (including phenoxy) is 1. The lowest BCUT2D eigenvalue weighted by atomic mass is 10.0. The third-order valence-electron chi connectivity index (χ3n) is 5.15. The van der Waals surface area contributed by atoms with Crippen LogP contribution in [0.2, 0.25) is 0 Å². The van der Waals surface area contributed by atoms with Crippen molar-refractivity contribution in [3.05, 3.63) is 0 Å². The van der Waals surface area contributed by atoms with Crippen molar-refractivity contribution in [3.63, 3.8) is 0 Å². The van der Waals surface area contributed by atoms with E-state index < -0.39 is 10.4 Å². The smallest absolute Gasteiger partial charge is 0.376 e. The number of hydrogen-bond acceptors (Lipinski definition) is 5. The predicted octanol–water partition coefficient (Wildman–Crippen LogP) is 5.67. The average Bonchev–Trinajstić information content (AvgIpc) is 2.68. The highest BCUT2D eigenvalue weighted by molar-refractivity contribution is 7.80. The Labute approximate surface area is 180 Å². The standard InChI is InChI=1S/C20H41NO.C2H6O4S/c1-2-3-4-5-6-7-8-9-10-11-12-13-14-15-16-20-19-21-17-18-22-20;1-2-6-7(3,4)5/h20-21H,2-19H2,1H3;2H2,1H3,(H,3,4,5). The number of nitrogens with one attached hydrogen (secondary N) is 1. The molecule has 0 aromatic heterocycles. The fraction of sp³-hybridized carbons (Fsp3) is 1.00. The van der Waals surface area contributed by atoms with E-state index in [0.717, 1.165) is 19.7 Å². The minimum absolute atomic E-state index is 0.0289. The Kier molecular flexibility index (Phi) is 20.9. The van der Waals surface area contributed by atoms with Crippen LogP contribution in [0.15, 0.2) is 0 Å². The second kappa shape index (κ2) is 21.0. The van der Waals surface area contributed by atoms with Gasteiger partial charge in [0, 0.05) is 13.1 Å². The van der Waals surface area contributed by atoms with Gasteiger partial charge in [0.15, 0.2) is 0 Å². The highest BCUT2D eigenvalue weighted by atomic mass is 32.3. The molecular formula is C22H47NO5S. The van der Waals surface area contributed by atoms with E-state index >= 15 is 0 Å². The fourth-order valence-electron chi connectivity index (χ4n) is 3.52. The molecule has 0 saturated carbocycles. The predicted molar refractivity (Wildman–Crippen MR) is 121 cm³/mol. The molecule has 6 nitrogen and oxygen atoms in total. The second-order valence-corrected chi connectivity index (χ2v) is 9.01. The summed E-state index contributed by atoms with van der Waals surface area (Å²) < 4.78 is 36.4. The molecule has 29 heavy (non-hydrogen) atoms. The summed E-state index contributed by atoms with van der Waals surface area (Å²) in [6.07, 6.45) is 21.9. The van der Waals surface area contributed by atoms with Gasteiger partial charge in [-0.25, -0.2) is 4.18 Å². The van der Waals surface area contributed by atoms with Crippen LogP contribution in [0.25, 0.3) is 0 Å². The lowest BCUT2D eigenvalue weighted by Crippen LogP contribution is -2.38. The molecule has 1 rings (SSSR count). The van der Waals surface area contributed by atoms with Crippen LogP contribution in [-0.4, -0.2) is 45.4 Å². The third-order valence-corrected chi connectivity index (χ3v) is 5.68. The first-order valence-electron chi connectivity index (χ1n) is 11.9. The first-order chi connectivity index (χ1) is 14.0. The zero-order valence-corrected chi connectivity index (χ0v) is 19.8. The van der Waals surface area contributed by atoms with Crippen molar-refractivity contribution in [2.75, 3.05) is 26.3 Å². The van der Waals surface area contributed by atoms with Crippen molar-refractivity contribution in [1.29, 1.82) is 0 Å². The average molecular weight is 438 g/mol. The van der Waals surface area contributed by atoms with Crippen molar-refractivity contribution < 1.29 is 21.9 Å². The van der Waals surface area contributed by atoms with Gasteiger partial charge in [0.05, 0.1) is 19.3 Å². The van der Waals surface area contributed by atoms with Gasteiger partial charge in [0.1, 0.15) is 0 Å². The van der Waals surface area contributed by atoms with Crippen molar-refractivity contribution in [2.45, 2.75) is 116 Å². The van der Waals surface area contributed by atoms with E-state index in [0.29, 0.717) is 6.10 Å². The second-order valence-electron chi connectivity index (χ2n) is 7.92. The van der Waals surface area contributed by atoms with Gasteiger partial charge in [-0.3, -0.25) is 4.55 Å². The van der Waals surface area contributed by atoms with Crippen molar-refractivity contribution in [1.82, 2.24) is 5.32 Å². The summed E-state index contributed by atoms with van der Waals surface area (Å²) >= 11 is 0. The summed E-state index contributed by atoms with van der Waals surface area (Å²) in [6.45, 7) is 6.74. The van der Waals surface area contributed by atoms with Crippen molar-refractivity contribution >= 4 is 10.4 Å². The fourth-order valence-corrected chi connectivity index (χ4v) is 3.82. The summed E-state index contributed by atoms with van der Waals surface area (Å²) in [4.78, 5) is 0. The SMILES string of the molecule is CCCCCCCCCCCCCCCCC1CNCCO1.CCOS(=O)(=O)O. The number of morpholine rings is 1. The molecule has 0 aliphatic carbocycles. The van der Waals surface area contributed by atoms with Gasteiger partial charge in [-0.1, -0.05) is 96.8 Å². The molecule has 0 aromatic carbocycles. The molecule has 2 N–H and O–H groups in total. The van der Waals surface area contributed by atoms with Gasteiger partial charge >= 0.3 is 10.4 Å². The van der Waals surface area contributed by atoms with Crippen LogP contribution >= 0.6 is 0 Å². The highest BCUT2D eigenvalue weighted by Gasteiger charge is 2.11. The lowest BCUT2D eigenvalue weighted by Gasteiger charge is -2.23.